The molecular formula is C35H50N4O6. The summed E-state index contributed by atoms with van der Waals surface area (Å²) in [6.07, 6.45) is 7.49. The molecule has 4 aliphatic rings. The molecule has 1 aliphatic heterocycles. The molecule has 10 nitrogen and oxygen atoms in total. The van der Waals surface area contributed by atoms with Crippen molar-refractivity contribution in [1.82, 2.24) is 20.2 Å². The van der Waals surface area contributed by atoms with Gasteiger partial charge >= 0.3 is 6.09 Å². The van der Waals surface area contributed by atoms with Crippen LogP contribution in [0, 0.1) is 29.1 Å². The van der Waals surface area contributed by atoms with Crippen LogP contribution in [0.3, 0.4) is 0 Å². The Balaban J connectivity index is 1.13. The van der Waals surface area contributed by atoms with Gasteiger partial charge in [0, 0.05) is 12.6 Å². The number of ether oxygens (including phenoxy) is 2. The molecule has 5 atom stereocenters. The fourth-order valence-electron chi connectivity index (χ4n) is 7.95. The molecule has 1 unspecified atom stereocenters. The van der Waals surface area contributed by atoms with Crippen molar-refractivity contribution in [2.24, 2.45) is 29.1 Å². The van der Waals surface area contributed by atoms with Crippen LogP contribution in [-0.2, 0) is 20.7 Å². The van der Waals surface area contributed by atoms with E-state index in [4.69, 9.17) is 9.47 Å². The number of H-pyrrole nitrogens is 1. The van der Waals surface area contributed by atoms with E-state index in [-0.39, 0.29) is 29.3 Å². The van der Waals surface area contributed by atoms with Crippen molar-refractivity contribution in [2.75, 3.05) is 13.7 Å². The Morgan fingerprint density at radius 2 is 1.89 bits per heavy atom. The predicted molar refractivity (Wildman–Crippen MR) is 172 cm³/mol. The minimum absolute atomic E-state index is 0.00196. The summed E-state index contributed by atoms with van der Waals surface area (Å²) in [4.78, 5) is 61.3. The van der Waals surface area contributed by atoms with Crippen LogP contribution in [0.5, 0.6) is 5.75 Å². The van der Waals surface area contributed by atoms with Gasteiger partial charge in [-0.25, -0.2) is 9.78 Å². The molecule has 10 heteroatoms. The number of carbonyl (C=O) groups is 3. The van der Waals surface area contributed by atoms with Crippen LogP contribution in [0.1, 0.15) is 91.7 Å². The third kappa shape index (κ3) is 7.04. The second-order valence-electron chi connectivity index (χ2n) is 14.5. The van der Waals surface area contributed by atoms with Gasteiger partial charge in [0.1, 0.15) is 23.6 Å². The van der Waals surface area contributed by atoms with E-state index in [9.17, 15) is 19.2 Å². The number of aryl methyl sites for hydroxylation is 1. The van der Waals surface area contributed by atoms with Crippen molar-refractivity contribution in [3.05, 3.63) is 34.2 Å². The Morgan fingerprint density at radius 1 is 1.13 bits per heavy atom. The maximum absolute atomic E-state index is 13.8. The van der Waals surface area contributed by atoms with Crippen molar-refractivity contribution in [2.45, 2.75) is 111 Å². The Bertz CT molecular complexity index is 1460. The van der Waals surface area contributed by atoms with Crippen molar-refractivity contribution in [3.8, 4) is 5.75 Å². The number of benzene rings is 1. The fraction of sp³-hybridized carbons (Fsp3) is 0.686. The number of hydrogen-bond acceptors (Lipinski definition) is 7. The number of Topliss-reactive ketones (excluding diaryl/α,β-unsaturated/α-hetero) is 1. The summed E-state index contributed by atoms with van der Waals surface area (Å²) >= 11 is 0. The predicted octanol–water partition coefficient (Wildman–Crippen LogP) is 5.42. The quantitative estimate of drug-likeness (QED) is 0.303. The first-order chi connectivity index (χ1) is 21.4. The second kappa shape index (κ2) is 13.5. The Kier molecular flexibility index (Phi) is 9.89. The number of likely N-dealkylation sites (tertiary alicyclic amines) is 1. The highest BCUT2D eigenvalue weighted by Crippen LogP contribution is 2.55. The number of ketones is 1. The number of carbonyl (C=O) groups excluding carboxylic acids is 3. The number of methoxy groups -OCH3 is 1. The molecule has 3 aliphatic carbocycles. The number of alkyl carbamates (subject to hydrolysis) is 1. The van der Waals surface area contributed by atoms with Crippen LogP contribution in [0.15, 0.2) is 23.0 Å². The zero-order valence-corrected chi connectivity index (χ0v) is 27.7. The van der Waals surface area contributed by atoms with Gasteiger partial charge in [0.05, 0.1) is 24.2 Å². The molecule has 6 rings (SSSR count). The average Bonchev–Trinajstić information content (AvgIpc) is 3.64. The minimum Gasteiger partial charge on any atom is -0.497 e. The van der Waals surface area contributed by atoms with Gasteiger partial charge in [-0.15, -0.1) is 0 Å². The smallest absolute Gasteiger partial charge is 0.408 e. The van der Waals surface area contributed by atoms with Crippen molar-refractivity contribution >= 4 is 28.8 Å². The lowest BCUT2D eigenvalue weighted by molar-refractivity contribution is -0.141. The fourth-order valence-corrected chi connectivity index (χ4v) is 7.95. The summed E-state index contributed by atoms with van der Waals surface area (Å²) in [5.41, 5.74) is 1.25. The van der Waals surface area contributed by atoms with Crippen molar-refractivity contribution in [3.63, 3.8) is 0 Å². The molecule has 2 aromatic rings. The topological polar surface area (TPSA) is 131 Å². The Hall–Kier alpha value is -3.43. The first kappa shape index (κ1) is 32.9. The highest BCUT2D eigenvalue weighted by molar-refractivity contribution is 5.92. The Labute approximate surface area is 266 Å². The van der Waals surface area contributed by atoms with Gasteiger partial charge in [-0.2, -0.15) is 0 Å². The van der Waals surface area contributed by atoms with Crippen molar-refractivity contribution < 1.29 is 23.9 Å². The van der Waals surface area contributed by atoms with E-state index >= 15 is 0 Å². The normalized spacial score (nSPS) is 26.4. The molecule has 2 amide bonds. The van der Waals surface area contributed by atoms with Crippen LogP contribution in [0.4, 0.5) is 4.79 Å². The van der Waals surface area contributed by atoms with E-state index in [2.05, 4.69) is 22.2 Å². The largest absolute Gasteiger partial charge is 0.497 e. The van der Waals surface area contributed by atoms with Gasteiger partial charge in [0.25, 0.3) is 5.56 Å². The van der Waals surface area contributed by atoms with E-state index in [1.807, 2.05) is 32.9 Å². The van der Waals surface area contributed by atoms with Crippen LogP contribution in [-0.4, -0.2) is 64.5 Å². The number of rotatable bonds is 12. The maximum Gasteiger partial charge on any atom is 0.408 e. The van der Waals surface area contributed by atoms with Gasteiger partial charge in [0.2, 0.25) is 5.91 Å². The number of unbranched alkanes of at least 4 members (excludes halogenated alkanes) is 2. The number of nitrogens with one attached hydrogen (secondary N) is 2. The first-order valence-corrected chi connectivity index (χ1v) is 16.8. The van der Waals surface area contributed by atoms with E-state index in [0.717, 1.165) is 56.9 Å². The number of nitrogens with zero attached hydrogens (tertiary/aromatic N) is 2. The van der Waals surface area contributed by atoms with Crippen LogP contribution < -0.4 is 15.6 Å². The molecule has 3 saturated carbocycles. The average molecular weight is 623 g/mol. The molecule has 0 radical (unpaired) electrons. The molecule has 0 spiro atoms. The molecule has 4 fully saturated rings. The molecule has 45 heavy (non-hydrogen) atoms. The highest BCUT2D eigenvalue weighted by atomic mass is 16.6. The summed E-state index contributed by atoms with van der Waals surface area (Å²) in [5, 5.41) is 2.92. The SMILES string of the molecule is CC[C@@H]1CCN(C(=O)[C@@H](NC(=O)OC2C3CC(C3)[C@H]2CCCCCc2nc3ccc(OC)cc3[nH]c2=O)C(C)(C)C)[C@@H]1C(C)=O. The lowest BCUT2D eigenvalue weighted by Crippen LogP contribution is -2.57. The summed E-state index contributed by atoms with van der Waals surface area (Å²) in [6.45, 7) is 9.92. The maximum atomic E-state index is 13.8. The number of aromatic amines is 1. The zero-order chi connectivity index (χ0) is 32.5. The van der Waals surface area contributed by atoms with E-state index in [1.165, 1.54) is 0 Å². The second-order valence-corrected chi connectivity index (χ2v) is 14.5. The number of amides is 2. The molecule has 2 N–H and O–H groups in total. The number of aromatic nitrogens is 2. The molecule has 1 aromatic carbocycles. The van der Waals surface area contributed by atoms with E-state index < -0.39 is 23.6 Å². The first-order valence-electron chi connectivity index (χ1n) is 16.8. The minimum atomic E-state index is -0.786. The lowest BCUT2D eigenvalue weighted by Gasteiger charge is -2.36. The highest BCUT2D eigenvalue weighted by Gasteiger charge is 2.54. The summed E-state index contributed by atoms with van der Waals surface area (Å²) in [7, 11) is 1.59. The summed E-state index contributed by atoms with van der Waals surface area (Å²) in [6, 6.07) is 4.25. The van der Waals surface area contributed by atoms with Gasteiger partial charge in [-0.05, 0) is 86.7 Å². The molecule has 1 aromatic heterocycles. The molecule has 2 heterocycles. The molecule has 246 valence electrons. The van der Waals surface area contributed by atoms with Crippen LogP contribution in [0.25, 0.3) is 11.0 Å². The zero-order valence-electron chi connectivity index (χ0n) is 27.7. The molecular weight excluding hydrogens is 572 g/mol. The van der Waals surface area contributed by atoms with E-state index in [1.54, 1.807) is 25.0 Å². The van der Waals surface area contributed by atoms with Gasteiger partial charge in [0.15, 0.2) is 5.78 Å². The third-order valence-electron chi connectivity index (χ3n) is 10.5. The Morgan fingerprint density at radius 3 is 2.56 bits per heavy atom. The molecule has 2 bridgehead atoms. The van der Waals surface area contributed by atoms with Gasteiger partial charge in [-0.3, -0.25) is 14.4 Å². The van der Waals surface area contributed by atoms with Crippen LogP contribution >= 0.6 is 0 Å². The number of hydrogen-bond donors (Lipinski definition) is 2. The standard InChI is InChI=1S/C35H50N4O6/c1-7-21-15-16-39(29(21)20(2)40)33(42)31(35(3,4)5)38-34(43)45-30-23-17-22(18-23)25(30)11-9-8-10-12-27-32(41)37-28-19-24(44-6)13-14-26(28)36-27/h13-14,19,21-23,25,29-31H,7-12,15-18H2,1-6H3,(H,37,41)(H,38,43)/t21-,22?,23?,25-,29-,30?,31-/m1/s1. The van der Waals surface area contributed by atoms with Crippen LogP contribution in [0.2, 0.25) is 0 Å². The summed E-state index contributed by atoms with van der Waals surface area (Å²) in [5.74, 6) is 1.88. The monoisotopic (exact) mass is 622 g/mol. The third-order valence-corrected chi connectivity index (χ3v) is 10.5. The summed E-state index contributed by atoms with van der Waals surface area (Å²) < 4.78 is 11.3. The van der Waals surface area contributed by atoms with E-state index in [0.29, 0.717) is 47.7 Å². The number of fused-ring (bicyclic) bond motifs is 2. The van der Waals surface area contributed by atoms with Crippen molar-refractivity contribution in [1.29, 1.82) is 0 Å². The van der Waals surface area contributed by atoms with Gasteiger partial charge < -0.3 is 24.7 Å². The lowest BCUT2D eigenvalue weighted by atomic mass is 9.81. The van der Waals surface area contributed by atoms with Gasteiger partial charge in [-0.1, -0.05) is 47.0 Å². The molecule has 1 saturated heterocycles.